The highest BCUT2D eigenvalue weighted by Crippen LogP contribution is 2.27. The van der Waals surface area contributed by atoms with Gasteiger partial charge in [0.25, 0.3) is 0 Å². The molecule has 0 aromatic heterocycles. The van der Waals surface area contributed by atoms with Crippen molar-refractivity contribution in [2.45, 2.75) is 38.3 Å². The summed E-state index contributed by atoms with van der Waals surface area (Å²) >= 11 is 0. The van der Waals surface area contributed by atoms with Crippen LogP contribution in [-0.2, 0) is 0 Å². The Bertz CT molecular complexity index is 205. The third kappa shape index (κ3) is 2.43. The monoisotopic (exact) mass is 181 g/mol. The van der Waals surface area contributed by atoms with Gasteiger partial charge in [0.2, 0.25) is 0 Å². The predicted molar refractivity (Wildman–Crippen MR) is 53.3 cm³/mol. The van der Waals surface area contributed by atoms with Gasteiger partial charge < -0.3 is 5.32 Å². The van der Waals surface area contributed by atoms with Gasteiger partial charge in [0, 0.05) is 12.1 Å². The molecule has 1 fully saturated rings. The van der Waals surface area contributed by atoms with E-state index in [1.807, 2.05) is 7.05 Å². The molecule has 1 rings (SSSR count). The van der Waals surface area contributed by atoms with Gasteiger partial charge in [0.1, 0.15) is 6.04 Å². The normalized spacial score (nSPS) is 24.2. The van der Waals surface area contributed by atoms with Gasteiger partial charge in [-0.1, -0.05) is 0 Å². The first kappa shape index (κ1) is 10.5. The van der Waals surface area contributed by atoms with Crippen LogP contribution in [-0.4, -0.2) is 36.6 Å². The predicted octanol–water partition coefficient (Wildman–Crippen LogP) is 0.972. The Morgan fingerprint density at radius 2 is 2.31 bits per heavy atom. The van der Waals surface area contributed by atoms with Crippen LogP contribution in [0, 0.1) is 11.3 Å². The lowest BCUT2D eigenvalue weighted by molar-refractivity contribution is 0.167. The fourth-order valence-electron chi connectivity index (χ4n) is 1.92. The van der Waals surface area contributed by atoms with Crippen molar-refractivity contribution in [1.29, 1.82) is 5.26 Å². The van der Waals surface area contributed by atoms with Gasteiger partial charge in [-0.15, -0.1) is 0 Å². The number of likely N-dealkylation sites (tertiary alicyclic amines) is 1. The molecule has 0 radical (unpaired) electrons. The molecule has 1 unspecified atom stereocenters. The first-order valence-corrected chi connectivity index (χ1v) is 4.92. The van der Waals surface area contributed by atoms with E-state index in [2.05, 4.69) is 30.1 Å². The summed E-state index contributed by atoms with van der Waals surface area (Å²) in [7, 11) is 1.84. The number of hydrogen-bond donors (Lipinski definition) is 1. The Hall–Kier alpha value is -0.590. The van der Waals surface area contributed by atoms with Crippen molar-refractivity contribution in [3.05, 3.63) is 0 Å². The topological polar surface area (TPSA) is 39.1 Å². The van der Waals surface area contributed by atoms with E-state index in [-0.39, 0.29) is 11.6 Å². The third-order valence-electron chi connectivity index (χ3n) is 2.98. The second-order valence-corrected chi connectivity index (χ2v) is 4.33. The van der Waals surface area contributed by atoms with Crippen LogP contribution in [0.5, 0.6) is 0 Å². The van der Waals surface area contributed by atoms with Crippen molar-refractivity contribution >= 4 is 0 Å². The number of rotatable bonds is 3. The van der Waals surface area contributed by atoms with Gasteiger partial charge in [-0.25, -0.2) is 0 Å². The number of hydrogen-bond acceptors (Lipinski definition) is 3. The van der Waals surface area contributed by atoms with Crippen molar-refractivity contribution < 1.29 is 0 Å². The fraction of sp³-hybridized carbons (Fsp3) is 0.900. The van der Waals surface area contributed by atoms with E-state index < -0.39 is 0 Å². The van der Waals surface area contributed by atoms with Crippen molar-refractivity contribution in [2.75, 3.05) is 20.1 Å². The lowest BCUT2D eigenvalue weighted by Gasteiger charge is -2.32. The zero-order chi connectivity index (χ0) is 9.90. The van der Waals surface area contributed by atoms with Crippen LogP contribution >= 0.6 is 0 Å². The maximum Gasteiger partial charge on any atom is 0.108 e. The molecule has 0 aromatic rings. The molecular formula is C10H19N3. The molecule has 0 bridgehead atoms. The maximum atomic E-state index is 8.82. The Balaban J connectivity index is 2.49. The van der Waals surface area contributed by atoms with E-state index in [1.165, 1.54) is 12.8 Å². The van der Waals surface area contributed by atoms with E-state index in [4.69, 9.17) is 5.26 Å². The summed E-state index contributed by atoms with van der Waals surface area (Å²) in [4.78, 5) is 2.40. The molecule has 74 valence electrons. The van der Waals surface area contributed by atoms with Gasteiger partial charge in [0.15, 0.2) is 0 Å². The van der Waals surface area contributed by atoms with E-state index in [9.17, 15) is 0 Å². The molecule has 0 saturated carbocycles. The minimum atomic E-state index is -0.0302. The minimum Gasteiger partial charge on any atom is -0.304 e. The van der Waals surface area contributed by atoms with Gasteiger partial charge in [0.05, 0.1) is 6.07 Å². The summed E-state index contributed by atoms with van der Waals surface area (Å²) in [6.45, 7) is 6.49. The number of likely N-dealkylation sites (N-methyl/N-ethyl adjacent to an activating group) is 1. The lowest BCUT2D eigenvalue weighted by atomic mass is 10.0. The highest BCUT2D eigenvalue weighted by Gasteiger charge is 2.32. The highest BCUT2D eigenvalue weighted by atomic mass is 15.2. The summed E-state index contributed by atoms with van der Waals surface area (Å²) in [5.74, 6) is 0. The van der Waals surface area contributed by atoms with Crippen molar-refractivity contribution in [1.82, 2.24) is 10.2 Å². The molecule has 13 heavy (non-hydrogen) atoms. The SMILES string of the molecule is CNC(C#N)CN1CCCC1(C)C. The van der Waals surface area contributed by atoms with E-state index >= 15 is 0 Å². The van der Waals surface area contributed by atoms with E-state index in [0.29, 0.717) is 0 Å². The van der Waals surface area contributed by atoms with Crippen LogP contribution in [0.15, 0.2) is 0 Å². The molecule has 1 saturated heterocycles. The molecule has 0 aliphatic carbocycles. The van der Waals surface area contributed by atoms with Crippen LogP contribution in [0.3, 0.4) is 0 Å². The van der Waals surface area contributed by atoms with Crippen LogP contribution in [0.4, 0.5) is 0 Å². The Labute approximate surface area is 80.7 Å². The van der Waals surface area contributed by atoms with Crippen molar-refractivity contribution in [2.24, 2.45) is 0 Å². The quantitative estimate of drug-likeness (QED) is 0.705. The standard InChI is InChI=1S/C10H19N3/c1-10(2)5-4-6-13(10)8-9(7-11)12-3/h9,12H,4-6,8H2,1-3H3. The molecule has 3 nitrogen and oxygen atoms in total. The van der Waals surface area contributed by atoms with E-state index in [0.717, 1.165) is 13.1 Å². The smallest absolute Gasteiger partial charge is 0.108 e. The highest BCUT2D eigenvalue weighted by molar-refractivity contribution is 4.96. The molecule has 1 aliphatic heterocycles. The summed E-state index contributed by atoms with van der Waals surface area (Å²) in [6.07, 6.45) is 2.50. The zero-order valence-corrected chi connectivity index (χ0v) is 8.80. The Morgan fingerprint density at radius 1 is 1.62 bits per heavy atom. The van der Waals surface area contributed by atoms with Crippen molar-refractivity contribution in [3.63, 3.8) is 0 Å². The van der Waals surface area contributed by atoms with Crippen molar-refractivity contribution in [3.8, 4) is 6.07 Å². The lowest BCUT2D eigenvalue weighted by Crippen LogP contribution is -2.45. The summed E-state index contributed by atoms with van der Waals surface area (Å²) < 4.78 is 0. The van der Waals surface area contributed by atoms with Gasteiger partial charge in [-0.3, -0.25) is 4.90 Å². The average molecular weight is 181 g/mol. The molecule has 0 amide bonds. The average Bonchev–Trinajstić information content (AvgIpc) is 2.41. The summed E-state index contributed by atoms with van der Waals surface area (Å²) in [6, 6.07) is 2.23. The number of nitrogens with zero attached hydrogens (tertiary/aromatic N) is 2. The molecule has 1 atom stereocenters. The zero-order valence-electron chi connectivity index (χ0n) is 8.80. The molecule has 0 spiro atoms. The minimum absolute atomic E-state index is 0.0302. The third-order valence-corrected chi connectivity index (χ3v) is 2.98. The number of nitriles is 1. The molecule has 1 aliphatic rings. The fourth-order valence-corrected chi connectivity index (χ4v) is 1.92. The Morgan fingerprint density at radius 3 is 2.69 bits per heavy atom. The van der Waals surface area contributed by atoms with Gasteiger partial charge in [-0.05, 0) is 40.3 Å². The maximum absolute atomic E-state index is 8.82. The molecule has 0 aromatic carbocycles. The molecule has 1 N–H and O–H groups in total. The van der Waals surface area contributed by atoms with Crippen LogP contribution in [0.25, 0.3) is 0 Å². The molecule has 3 heteroatoms. The van der Waals surface area contributed by atoms with E-state index in [1.54, 1.807) is 0 Å². The first-order valence-electron chi connectivity index (χ1n) is 4.92. The Kier molecular flexibility index (Phi) is 3.29. The van der Waals surface area contributed by atoms with Crippen LogP contribution in [0.1, 0.15) is 26.7 Å². The second-order valence-electron chi connectivity index (χ2n) is 4.33. The summed E-state index contributed by atoms with van der Waals surface area (Å²) in [5, 5.41) is 11.8. The number of nitrogens with one attached hydrogen (secondary N) is 1. The molecule has 1 heterocycles. The van der Waals surface area contributed by atoms with Crippen LogP contribution < -0.4 is 5.32 Å². The van der Waals surface area contributed by atoms with Crippen LogP contribution in [0.2, 0.25) is 0 Å². The summed E-state index contributed by atoms with van der Waals surface area (Å²) in [5.41, 5.74) is 0.284. The molecular weight excluding hydrogens is 162 g/mol. The largest absolute Gasteiger partial charge is 0.304 e. The second kappa shape index (κ2) is 4.08. The van der Waals surface area contributed by atoms with Gasteiger partial charge in [-0.2, -0.15) is 5.26 Å². The van der Waals surface area contributed by atoms with Gasteiger partial charge >= 0.3 is 0 Å². The first-order chi connectivity index (χ1) is 6.10.